The molecular formula is C6H7NO3. The first-order valence-corrected chi connectivity index (χ1v) is 2.70. The summed E-state index contributed by atoms with van der Waals surface area (Å²) >= 11 is 0. The van der Waals surface area contributed by atoms with Crippen LogP contribution >= 0.6 is 0 Å². The number of hydrogen-bond acceptors (Lipinski definition) is 2. The number of methoxy groups -OCH3 is 1. The molecule has 1 aromatic heterocycles. The summed E-state index contributed by atoms with van der Waals surface area (Å²) < 4.78 is 4.73. The number of carbonyl (C=O) groups is 1. The van der Waals surface area contributed by atoms with Gasteiger partial charge in [0.1, 0.15) is 5.69 Å². The summed E-state index contributed by atoms with van der Waals surface area (Å²) in [7, 11) is 1.47. The van der Waals surface area contributed by atoms with Gasteiger partial charge in [-0.3, -0.25) is 0 Å². The van der Waals surface area contributed by atoms with E-state index in [4.69, 9.17) is 9.84 Å². The normalized spacial score (nSPS) is 9.30. The molecule has 0 bridgehead atoms. The second kappa shape index (κ2) is 2.43. The van der Waals surface area contributed by atoms with Crippen LogP contribution in [0.3, 0.4) is 0 Å². The monoisotopic (exact) mass is 141 g/mol. The van der Waals surface area contributed by atoms with E-state index in [2.05, 4.69) is 4.98 Å². The van der Waals surface area contributed by atoms with Crippen LogP contribution in [0.2, 0.25) is 0 Å². The number of carboxylic acids is 1. The molecule has 0 aliphatic carbocycles. The molecule has 0 amide bonds. The van der Waals surface area contributed by atoms with Crippen LogP contribution in [-0.2, 0) is 0 Å². The van der Waals surface area contributed by atoms with Crippen LogP contribution < -0.4 is 4.74 Å². The SMILES string of the molecule is COc1ccc(C(=O)O)[nH]1. The Hall–Kier alpha value is -1.45. The molecule has 1 heterocycles. The van der Waals surface area contributed by atoms with E-state index in [1.807, 2.05) is 0 Å². The van der Waals surface area contributed by atoms with Crippen molar-refractivity contribution in [1.29, 1.82) is 0 Å². The molecule has 0 unspecified atom stereocenters. The minimum atomic E-state index is -0.983. The molecule has 2 N–H and O–H groups in total. The van der Waals surface area contributed by atoms with Gasteiger partial charge in [0.2, 0.25) is 0 Å². The van der Waals surface area contributed by atoms with Crippen molar-refractivity contribution in [2.24, 2.45) is 0 Å². The van der Waals surface area contributed by atoms with Gasteiger partial charge in [-0.15, -0.1) is 0 Å². The molecule has 0 aliphatic heterocycles. The van der Waals surface area contributed by atoms with Crippen LogP contribution in [0.15, 0.2) is 12.1 Å². The molecule has 0 aliphatic rings. The summed E-state index contributed by atoms with van der Waals surface area (Å²) in [6.45, 7) is 0. The van der Waals surface area contributed by atoms with E-state index < -0.39 is 5.97 Å². The van der Waals surface area contributed by atoms with Crippen LogP contribution in [0.4, 0.5) is 0 Å². The lowest BCUT2D eigenvalue weighted by atomic mass is 10.4. The van der Waals surface area contributed by atoms with Gasteiger partial charge < -0.3 is 14.8 Å². The molecule has 0 fully saturated rings. The third-order valence-corrected chi connectivity index (χ3v) is 1.11. The van der Waals surface area contributed by atoms with Crippen LogP contribution in [-0.4, -0.2) is 23.2 Å². The van der Waals surface area contributed by atoms with E-state index in [-0.39, 0.29) is 5.69 Å². The number of ether oxygens (including phenoxy) is 1. The number of hydrogen-bond donors (Lipinski definition) is 2. The first kappa shape index (κ1) is 6.67. The Morgan fingerprint density at radius 1 is 1.70 bits per heavy atom. The average molecular weight is 141 g/mol. The van der Waals surface area contributed by atoms with Gasteiger partial charge in [0, 0.05) is 6.07 Å². The van der Waals surface area contributed by atoms with Crippen molar-refractivity contribution in [3.05, 3.63) is 17.8 Å². The van der Waals surface area contributed by atoms with Gasteiger partial charge in [0.05, 0.1) is 7.11 Å². The van der Waals surface area contributed by atoms with E-state index in [0.29, 0.717) is 5.88 Å². The minimum absolute atomic E-state index is 0.136. The predicted octanol–water partition coefficient (Wildman–Crippen LogP) is 0.721. The number of aromatic amines is 1. The standard InChI is InChI=1S/C6H7NO3/c1-10-5-3-2-4(7-5)6(8)9/h2-3,7H,1H3,(H,8,9). The topological polar surface area (TPSA) is 62.3 Å². The van der Waals surface area contributed by atoms with Crippen molar-refractivity contribution in [3.8, 4) is 5.88 Å². The van der Waals surface area contributed by atoms with Gasteiger partial charge in [0.15, 0.2) is 5.88 Å². The highest BCUT2D eigenvalue weighted by molar-refractivity contribution is 5.85. The molecule has 10 heavy (non-hydrogen) atoms. The lowest BCUT2D eigenvalue weighted by molar-refractivity contribution is 0.0690. The van der Waals surface area contributed by atoms with Gasteiger partial charge in [0.25, 0.3) is 0 Å². The minimum Gasteiger partial charge on any atom is -0.482 e. The van der Waals surface area contributed by atoms with Gasteiger partial charge in [-0.1, -0.05) is 0 Å². The highest BCUT2D eigenvalue weighted by atomic mass is 16.5. The third kappa shape index (κ3) is 1.10. The van der Waals surface area contributed by atoms with Crippen molar-refractivity contribution in [2.75, 3.05) is 7.11 Å². The number of rotatable bonds is 2. The summed E-state index contributed by atoms with van der Waals surface area (Å²) in [4.78, 5) is 12.8. The zero-order valence-corrected chi connectivity index (χ0v) is 5.42. The third-order valence-electron chi connectivity index (χ3n) is 1.11. The molecule has 4 heteroatoms. The van der Waals surface area contributed by atoms with E-state index in [1.54, 1.807) is 6.07 Å². The van der Waals surface area contributed by atoms with Gasteiger partial charge in [-0.05, 0) is 6.07 Å². The maximum Gasteiger partial charge on any atom is 0.352 e. The van der Waals surface area contributed by atoms with E-state index >= 15 is 0 Å². The Morgan fingerprint density at radius 2 is 2.40 bits per heavy atom. The van der Waals surface area contributed by atoms with Crippen LogP contribution in [0.5, 0.6) is 5.88 Å². The number of aromatic carboxylic acids is 1. The number of carboxylic acid groups (broad SMARTS) is 1. The molecular weight excluding hydrogens is 134 g/mol. The molecule has 0 spiro atoms. The molecule has 1 rings (SSSR count). The molecule has 0 radical (unpaired) electrons. The highest BCUT2D eigenvalue weighted by Gasteiger charge is 2.04. The summed E-state index contributed by atoms with van der Waals surface area (Å²) in [6, 6.07) is 3.00. The Kier molecular flexibility index (Phi) is 1.62. The fourth-order valence-corrected chi connectivity index (χ4v) is 0.619. The fraction of sp³-hybridized carbons (Fsp3) is 0.167. The number of nitrogens with one attached hydrogen (secondary N) is 1. The second-order valence-electron chi connectivity index (χ2n) is 1.75. The zero-order chi connectivity index (χ0) is 7.56. The molecule has 0 atom stereocenters. The Bertz CT molecular complexity index is 241. The first-order valence-electron chi connectivity index (χ1n) is 2.70. The summed E-state index contributed by atoms with van der Waals surface area (Å²) in [5, 5.41) is 8.41. The van der Waals surface area contributed by atoms with Crippen molar-refractivity contribution < 1.29 is 14.6 Å². The maximum atomic E-state index is 10.2. The van der Waals surface area contributed by atoms with Gasteiger partial charge >= 0.3 is 5.97 Å². The fourth-order valence-electron chi connectivity index (χ4n) is 0.619. The molecule has 0 saturated heterocycles. The number of aromatic nitrogens is 1. The number of H-pyrrole nitrogens is 1. The Labute approximate surface area is 57.4 Å². The van der Waals surface area contributed by atoms with Crippen LogP contribution in [0, 0.1) is 0 Å². The molecule has 0 aromatic carbocycles. The van der Waals surface area contributed by atoms with Crippen LogP contribution in [0.25, 0.3) is 0 Å². The van der Waals surface area contributed by atoms with Crippen molar-refractivity contribution >= 4 is 5.97 Å². The van der Waals surface area contributed by atoms with E-state index in [1.165, 1.54) is 13.2 Å². The Morgan fingerprint density at radius 3 is 2.70 bits per heavy atom. The molecule has 54 valence electrons. The Balaban J connectivity index is 2.88. The lowest BCUT2D eigenvalue weighted by Gasteiger charge is -1.90. The smallest absolute Gasteiger partial charge is 0.352 e. The zero-order valence-electron chi connectivity index (χ0n) is 5.42. The predicted molar refractivity (Wildman–Crippen MR) is 34.3 cm³/mol. The lowest BCUT2D eigenvalue weighted by Crippen LogP contribution is -1.95. The quantitative estimate of drug-likeness (QED) is 0.637. The summed E-state index contributed by atoms with van der Waals surface area (Å²) in [6.07, 6.45) is 0. The molecule has 4 nitrogen and oxygen atoms in total. The largest absolute Gasteiger partial charge is 0.482 e. The summed E-state index contributed by atoms with van der Waals surface area (Å²) in [5.41, 5.74) is 0.136. The van der Waals surface area contributed by atoms with Crippen LogP contribution in [0.1, 0.15) is 10.5 Å². The van der Waals surface area contributed by atoms with Gasteiger partial charge in [-0.25, -0.2) is 4.79 Å². The summed E-state index contributed by atoms with van der Waals surface area (Å²) in [5.74, 6) is -0.527. The van der Waals surface area contributed by atoms with Gasteiger partial charge in [-0.2, -0.15) is 0 Å². The van der Waals surface area contributed by atoms with E-state index in [9.17, 15) is 4.79 Å². The van der Waals surface area contributed by atoms with Crippen molar-refractivity contribution in [2.45, 2.75) is 0 Å². The first-order chi connectivity index (χ1) is 4.74. The average Bonchev–Trinajstić information content (AvgIpc) is 2.34. The second-order valence-corrected chi connectivity index (χ2v) is 1.75. The highest BCUT2D eigenvalue weighted by Crippen LogP contribution is 2.08. The maximum absolute atomic E-state index is 10.2. The molecule has 0 saturated carbocycles. The van der Waals surface area contributed by atoms with E-state index in [0.717, 1.165) is 0 Å². The molecule has 1 aromatic rings. The van der Waals surface area contributed by atoms with Crippen molar-refractivity contribution in [1.82, 2.24) is 4.98 Å². The van der Waals surface area contributed by atoms with Crippen molar-refractivity contribution in [3.63, 3.8) is 0 Å².